The molecule has 0 unspecified atom stereocenters. The number of hydrogen-bond acceptors (Lipinski definition) is 1. The van der Waals surface area contributed by atoms with E-state index in [0.29, 0.717) is 0 Å². The summed E-state index contributed by atoms with van der Waals surface area (Å²) in [6.07, 6.45) is 3.71. The molecule has 0 spiro atoms. The minimum atomic E-state index is -1.07. The van der Waals surface area contributed by atoms with Gasteiger partial charge in [-0.3, -0.25) is 0 Å². The Bertz CT molecular complexity index is 161. The summed E-state index contributed by atoms with van der Waals surface area (Å²) in [5.41, 5.74) is 0. The number of imidazole rings is 1. The van der Waals surface area contributed by atoms with Crippen LogP contribution < -0.4 is 0 Å². The van der Waals surface area contributed by atoms with E-state index in [1.165, 1.54) is 0 Å². The van der Waals surface area contributed by atoms with Crippen molar-refractivity contribution in [3.8, 4) is 0 Å². The van der Waals surface area contributed by atoms with E-state index < -0.39 is 21.8 Å². The summed E-state index contributed by atoms with van der Waals surface area (Å²) in [4.78, 5) is 3.98. The van der Waals surface area contributed by atoms with Gasteiger partial charge in [0, 0.05) is 19.4 Å². The van der Waals surface area contributed by atoms with Crippen LogP contribution in [0, 0.1) is 6.92 Å². The molecule has 1 aromatic rings. The summed E-state index contributed by atoms with van der Waals surface area (Å²) in [6.45, 7) is 1.97. The van der Waals surface area contributed by atoms with Crippen molar-refractivity contribution in [3.63, 3.8) is 0 Å². The molecule has 54 valence electrons. The van der Waals surface area contributed by atoms with Gasteiger partial charge in [0.05, 0.1) is 0 Å². The molecule has 0 saturated heterocycles. The van der Waals surface area contributed by atoms with Crippen LogP contribution in [0.25, 0.3) is 0 Å². The first-order valence-electron chi connectivity index (χ1n) is 2.78. The van der Waals surface area contributed by atoms with E-state index in [9.17, 15) is 0 Å². The second-order valence-corrected chi connectivity index (χ2v) is 7.68. The molecule has 2 nitrogen and oxygen atoms in total. The molecule has 0 radical (unpaired) electrons. The van der Waals surface area contributed by atoms with Crippen LogP contribution in [0.5, 0.6) is 0 Å². The van der Waals surface area contributed by atoms with E-state index in [1.807, 2.05) is 24.7 Å². The van der Waals surface area contributed by atoms with Crippen LogP contribution >= 0.6 is 16.6 Å². The van der Waals surface area contributed by atoms with E-state index in [-0.39, 0.29) is 0 Å². The van der Waals surface area contributed by atoms with Gasteiger partial charge in [-0.2, -0.15) is 0 Å². The zero-order chi connectivity index (χ0) is 7.98. The molecule has 0 fully saturated rings. The van der Waals surface area contributed by atoms with Gasteiger partial charge >= 0.3 is 38.4 Å². The van der Waals surface area contributed by atoms with Gasteiger partial charge in [-0.25, -0.2) is 4.98 Å². The molecule has 1 aromatic heterocycles. The number of aromatic nitrogens is 2. The van der Waals surface area contributed by atoms with Crippen molar-refractivity contribution in [2.75, 3.05) is 0 Å². The van der Waals surface area contributed by atoms with Crippen LogP contribution in [0.2, 0.25) is 0 Å². The van der Waals surface area contributed by atoms with Crippen LogP contribution in [-0.4, -0.2) is 9.55 Å². The first kappa shape index (κ1) is 10.7. The normalized spacial score (nSPS) is 7.60. The summed E-state index contributed by atoms with van der Waals surface area (Å²) in [6, 6.07) is 0. The van der Waals surface area contributed by atoms with Crippen molar-refractivity contribution in [1.29, 1.82) is 0 Å². The Morgan fingerprint density at radius 3 is 2.20 bits per heavy atom. The van der Waals surface area contributed by atoms with Gasteiger partial charge in [-0.15, -0.1) is 0 Å². The van der Waals surface area contributed by atoms with Crippen molar-refractivity contribution < 1.29 is 21.8 Å². The van der Waals surface area contributed by atoms with Crippen LogP contribution in [-0.2, 0) is 28.8 Å². The van der Waals surface area contributed by atoms with E-state index in [2.05, 4.69) is 4.98 Å². The number of aryl methyl sites for hydroxylation is 2. The van der Waals surface area contributed by atoms with Gasteiger partial charge in [-0.1, -0.05) is 0 Å². The molecule has 0 aliphatic rings. The van der Waals surface area contributed by atoms with Gasteiger partial charge in [0.25, 0.3) is 0 Å². The molecule has 1 heterocycles. The van der Waals surface area contributed by atoms with Crippen LogP contribution in [0.3, 0.4) is 0 Å². The van der Waals surface area contributed by atoms with Gasteiger partial charge < -0.3 is 4.57 Å². The molecule has 0 aliphatic heterocycles. The predicted octanol–water partition coefficient (Wildman–Crippen LogP) is 2.11. The van der Waals surface area contributed by atoms with E-state index in [0.717, 1.165) is 5.82 Å². The first-order valence-corrected chi connectivity index (χ1v) is 13.0. The Morgan fingerprint density at radius 1 is 1.60 bits per heavy atom. The molecule has 0 aromatic carbocycles. The van der Waals surface area contributed by atoms with Crippen molar-refractivity contribution in [2.45, 2.75) is 6.92 Å². The number of rotatable bonds is 0. The first-order chi connectivity index (χ1) is 4.72. The molecule has 0 N–H and O–H groups in total. The zero-order valence-electron chi connectivity index (χ0n) is 6.01. The average Bonchev–Trinajstić information content (AvgIpc) is 2.19. The third-order valence-corrected chi connectivity index (χ3v) is 1.06. The summed E-state index contributed by atoms with van der Waals surface area (Å²) >= 11 is -1.07. The Hall–Kier alpha value is 0.712. The van der Waals surface area contributed by atoms with E-state index >= 15 is 0 Å². The third kappa shape index (κ3) is 4.52. The fourth-order valence-electron chi connectivity index (χ4n) is 0.440. The zero-order valence-corrected chi connectivity index (χ0v) is 11.6. The SMILES string of the molecule is Cc1nccn1C.[Cl][Cd][Cl]. The molecular weight excluding hydrogens is 271 g/mol. The van der Waals surface area contributed by atoms with Gasteiger partial charge in [-0.05, 0) is 6.92 Å². The van der Waals surface area contributed by atoms with E-state index in [1.54, 1.807) is 6.20 Å². The Morgan fingerprint density at radius 2 is 2.10 bits per heavy atom. The molecule has 0 aliphatic carbocycles. The average molecular weight is 279 g/mol. The quantitative estimate of drug-likeness (QED) is 0.665. The maximum absolute atomic E-state index is 4.97. The molecule has 5 heteroatoms. The molecule has 0 atom stereocenters. The Labute approximate surface area is 79.7 Å². The topological polar surface area (TPSA) is 17.8 Å². The molecule has 0 amide bonds. The molecular formula is C5H8CdCl2N2. The van der Waals surface area contributed by atoms with Crippen molar-refractivity contribution in [2.24, 2.45) is 7.05 Å². The van der Waals surface area contributed by atoms with Crippen LogP contribution in [0.4, 0.5) is 0 Å². The molecule has 1 rings (SSSR count). The fraction of sp³-hybridized carbons (Fsp3) is 0.400. The van der Waals surface area contributed by atoms with Gasteiger partial charge in [0.1, 0.15) is 5.82 Å². The monoisotopic (exact) mass is 280 g/mol. The Kier molecular flexibility index (Phi) is 6.88. The number of hydrogen-bond donors (Lipinski definition) is 0. The molecule has 0 saturated carbocycles. The van der Waals surface area contributed by atoms with Crippen molar-refractivity contribution in [1.82, 2.24) is 9.55 Å². The van der Waals surface area contributed by atoms with Gasteiger partial charge in [0.15, 0.2) is 0 Å². The van der Waals surface area contributed by atoms with Crippen molar-refractivity contribution >= 4 is 16.6 Å². The maximum atomic E-state index is 4.97. The number of halogens is 2. The number of nitrogens with zero attached hydrogens (tertiary/aromatic N) is 2. The standard InChI is InChI=1S/C5H8N2.Cd.2ClH/c1-5-6-3-4-7(5)2;;;/h3-4H,1-2H3;;2*1H/q;+2;;/p-2. The fourth-order valence-corrected chi connectivity index (χ4v) is 0.440. The molecule has 0 bridgehead atoms. The Balaban J connectivity index is 0.000000236. The summed E-state index contributed by atoms with van der Waals surface area (Å²) in [5, 5.41) is 0. The molecule has 10 heavy (non-hydrogen) atoms. The second kappa shape index (κ2) is 6.42. The summed E-state index contributed by atoms with van der Waals surface area (Å²) in [5.74, 6) is 1.06. The van der Waals surface area contributed by atoms with Crippen LogP contribution in [0.1, 0.15) is 5.82 Å². The summed E-state index contributed by atoms with van der Waals surface area (Å²) in [7, 11) is 11.9. The second-order valence-electron chi connectivity index (χ2n) is 1.69. The third-order valence-electron chi connectivity index (χ3n) is 1.06. The van der Waals surface area contributed by atoms with Crippen LogP contribution in [0.15, 0.2) is 12.4 Å². The summed E-state index contributed by atoms with van der Waals surface area (Å²) < 4.78 is 1.97. The van der Waals surface area contributed by atoms with E-state index in [4.69, 9.17) is 16.6 Å². The van der Waals surface area contributed by atoms with Crippen molar-refractivity contribution in [3.05, 3.63) is 18.2 Å². The predicted molar refractivity (Wildman–Crippen MR) is 39.7 cm³/mol. The van der Waals surface area contributed by atoms with Gasteiger partial charge in [0.2, 0.25) is 0 Å². The minimum absolute atomic E-state index is 1.06.